The van der Waals surface area contributed by atoms with Gasteiger partial charge in [0.25, 0.3) is 0 Å². The number of aromatic nitrogens is 3. The molecule has 0 saturated heterocycles. The molecule has 9 nitrogen and oxygen atoms in total. The second kappa shape index (κ2) is 5.59. The van der Waals surface area contributed by atoms with Crippen LogP contribution >= 0.6 is 0 Å². The summed E-state index contributed by atoms with van der Waals surface area (Å²) in [5.74, 6) is -3.00. The number of carbonyl (C=O) groups is 2. The fourth-order valence-electron chi connectivity index (χ4n) is 1.77. The molecule has 2 aromatic rings. The maximum absolute atomic E-state index is 11.1. The zero-order valence-electron chi connectivity index (χ0n) is 10.8. The minimum atomic E-state index is -1.32. The zero-order valence-corrected chi connectivity index (χ0v) is 10.8. The number of carboxylic acid groups (broad SMARTS) is 2. The molecular formula is C12H11N3O6. The molecule has 21 heavy (non-hydrogen) atoms. The van der Waals surface area contributed by atoms with Crippen LogP contribution in [0, 0.1) is 0 Å². The Labute approximate surface area is 118 Å². The lowest BCUT2D eigenvalue weighted by Crippen LogP contribution is -2.09. The number of ether oxygens (including phenoxy) is 1. The number of carboxylic acids is 2. The van der Waals surface area contributed by atoms with Crippen molar-refractivity contribution >= 4 is 11.9 Å². The number of aromatic hydroxyl groups is 1. The van der Waals surface area contributed by atoms with Gasteiger partial charge < -0.3 is 20.1 Å². The number of benzene rings is 1. The van der Waals surface area contributed by atoms with Gasteiger partial charge in [0.1, 0.15) is 17.0 Å². The van der Waals surface area contributed by atoms with Gasteiger partial charge in [0, 0.05) is 7.11 Å². The fourth-order valence-corrected chi connectivity index (χ4v) is 1.77. The number of methoxy groups -OCH3 is 1. The third kappa shape index (κ3) is 2.67. The average Bonchev–Trinajstić information content (AvgIpc) is 2.83. The van der Waals surface area contributed by atoms with Gasteiger partial charge >= 0.3 is 11.9 Å². The van der Waals surface area contributed by atoms with Crippen LogP contribution in [-0.2, 0) is 11.3 Å². The number of nitrogens with zero attached hydrogens (tertiary/aromatic N) is 3. The van der Waals surface area contributed by atoms with Crippen molar-refractivity contribution in [3.05, 3.63) is 35.2 Å². The van der Waals surface area contributed by atoms with Crippen molar-refractivity contribution in [3.63, 3.8) is 0 Å². The third-order valence-electron chi connectivity index (χ3n) is 2.70. The molecule has 3 N–H and O–H groups in total. The highest BCUT2D eigenvalue weighted by molar-refractivity contribution is 5.91. The summed E-state index contributed by atoms with van der Waals surface area (Å²) < 4.78 is 6.06. The molecule has 0 radical (unpaired) electrons. The predicted molar refractivity (Wildman–Crippen MR) is 67.7 cm³/mol. The van der Waals surface area contributed by atoms with Crippen molar-refractivity contribution in [3.8, 4) is 11.4 Å². The molecular weight excluding hydrogens is 282 g/mol. The van der Waals surface area contributed by atoms with Gasteiger partial charge in [-0.2, -0.15) is 0 Å². The molecule has 2 rings (SSSR count). The molecule has 0 fully saturated rings. The van der Waals surface area contributed by atoms with Crippen molar-refractivity contribution in [2.45, 2.75) is 6.61 Å². The monoisotopic (exact) mass is 293 g/mol. The van der Waals surface area contributed by atoms with Crippen molar-refractivity contribution in [1.82, 2.24) is 15.0 Å². The second-order valence-corrected chi connectivity index (χ2v) is 4.04. The smallest absolute Gasteiger partial charge is 0.358 e. The minimum Gasteiger partial charge on any atom is -0.507 e. The highest BCUT2D eigenvalue weighted by Gasteiger charge is 2.21. The van der Waals surface area contributed by atoms with Crippen LogP contribution in [-0.4, -0.2) is 49.4 Å². The van der Waals surface area contributed by atoms with Gasteiger partial charge in [0.05, 0.1) is 12.3 Å². The lowest BCUT2D eigenvalue weighted by molar-refractivity contribution is 0.0677. The largest absolute Gasteiger partial charge is 0.507 e. The summed E-state index contributed by atoms with van der Waals surface area (Å²) in [7, 11) is 1.38. The molecule has 0 aliphatic heterocycles. The Balaban J connectivity index is 2.59. The van der Waals surface area contributed by atoms with Crippen LogP contribution in [0.25, 0.3) is 5.69 Å². The Morgan fingerprint density at radius 2 is 2.00 bits per heavy atom. The van der Waals surface area contributed by atoms with E-state index in [1.165, 1.54) is 19.2 Å². The maximum atomic E-state index is 11.1. The molecule has 0 spiro atoms. The lowest BCUT2D eigenvalue weighted by atomic mass is 10.1. The van der Waals surface area contributed by atoms with Gasteiger partial charge in [-0.1, -0.05) is 5.21 Å². The third-order valence-corrected chi connectivity index (χ3v) is 2.70. The van der Waals surface area contributed by atoms with Crippen LogP contribution in [0.1, 0.15) is 26.5 Å². The molecule has 110 valence electrons. The average molecular weight is 293 g/mol. The SMILES string of the molecule is COCc1c(C(=O)O)nnn1-c1ccc(O)c(C(=O)O)c1. The Hall–Kier alpha value is -2.94. The van der Waals surface area contributed by atoms with Gasteiger partial charge in [-0.15, -0.1) is 5.10 Å². The Bertz CT molecular complexity index is 709. The van der Waals surface area contributed by atoms with E-state index in [0.29, 0.717) is 0 Å². The molecule has 1 aromatic heterocycles. The highest BCUT2D eigenvalue weighted by atomic mass is 16.5. The summed E-state index contributed by atoms with van der Waals surface area (Å²) in [5, 5.41) is 34.7. The van der Waals surface area contributed by atoms with E-state index >= 15 is 0 Å². The molecule has 0 unspecified atom stereocenters. The van der Waals surface area contributed by atoms with E-state index < -0.39 is 17.7 Å². The number of hydrogen-bond acceptors (Lipinski definition) is 6. The standard InChI is InChI=1S/C12H11N3O6/c1-21-5-8-10(12(19)20)13-14-15(8)6-2-3-9(16)7(4-6)11(17)18/h2-4,16H,5H2,1H3,(H,17,18)(H,19,20). The first-order valence-corrected chi connectivity index (χ1v) is 5.69. The minimum absolute atomic E-state index is 0.0715. The van der Waals surface area contributed by atoms with Crippen LogP contribution in [0.4, 0.5) is 0 Å². The van der Waals surface area contributed by atoms with Crippen molar-refractivity contribution < 1.29 is 29.6 Å². The first kappa shape index (κ1) is 14.5. The Morgan fingerprint density at radius 1 is 1.29 bits per heavy atom. The van der Waals surface area contributed by atoms with Gasteiger partial charge in [0.2, 0.25) is 0 Å². The van der Waals surface area contributed by atoms with Crippen LogP contribution in [0.5, 0.6) is 5.75 Å². The first-order valence-electron chi connectivity index (χ1n) is 5.69. The number of aromatic carboxylic acids is 2. The molecule has 1 aromatic carbocycles. The van der Waals surface area contributed by atoms with Crippen LogP contribution in [0.3, 0.4) is 0 Å². The fraction of sp³-hybridized carbons (Fsp3) is 0.167. The summed E-state index contributed by atoms with van der Waals surface area (Å²) in [6, 6.07) is 3.73. The quantitative estimate of drug-likeness (QED) is 0.726. The van der Waals surface area contributed by atoms with Crippen LogP contribution in [0.15, 0.2) is 18.2 Å². The summed E-state index contributed by atoms with van der Waals surface area (Å²) in [5.41, 5.74) is -0.214. The normalized spacial score (nSPS) is 10.5. The van der Waals surface area contributed by atoms with E-state index in [-0.39, 0.29) is 29.2 Å². The van der Waals surface area contributed by atoms with Gasteiger partial charge in [-0.3, -0.25) is 0 Å². The number of phenols is 1. The van der Waals surface area contributed by atoms with E-state index in [1.807, 2.05) is 0 Å². The number of rotatable bonds is 5. The molecule has 9 heteroatoms. The maximum Gasteiger partial charge on any atom is 0.358 e. The molecule has 0 amide bonds. The summed E-state index contributed by atoms with van der Waals surface area (Å²) in [4.78, 5) is 22.1. The van der Waals surface area contributed by atoms with E-state index in [1.54, 1.807) is 0 Å². The molecule has 0 aliphatic carbocycles. The van der Waals surface area contributed by atoms with E-state index in [0.717, 1.165) is 10.7 Å². The predicted octanol–water partition coefficient (Wildman–Crippen LogP) is 0.516. The van der Waals surface area contributed by atoms with Crippen molar-refractivity contribution in [1.29, 1.82) is 0 Å². The Kier molecular flexibility index (Phi) is 3.85. The van der Waals surface area contributed by atoms with Gasteiger partial charge in [-0.05, 0) is 18.2 Å². The summed E-state index contributed by atoms with van der Waals surface area (Å²) >= 11 is 0. The molecule has 0 aliphatic rings. The van der Waals surface area contributed by atoms with Crippen molar-refractivity contribution in [2.24, 2.45) is 0 Å². The molecule has 0 saturated carbocycles. The second-order valence-electron chi connectivity index (χ2n) is 4.04. The number of hydrogen-bond donors (Lipinski definition) is 3. The van der Waals surface area contributed by atoms with E-state index in [9.17, 15) is 14.7 Å². The molecule has 0 bridgehead atoms. The van der Waals surface area contributed by atoms with Gasteiger partial charge in [-0.25, -0.2) is 14.3 Å². The molecule has 0 atom stereocenters. The zero-order chi connectivity index (χ0) is 15.6. The van der Waals surface area contributed by atoms with E-state index in [4.69, 9.17) is 14.9 Å². The summed E-state index contributed by atoms with van der Waals surface area (Å²) in [6.45, 7) is -0.0715. The highest BCUT2D eigenvalue weighted by Crippen LogP contribution is 2.22. The summed E-state index contributed by atoms with van der Waals surface area (Å²) in [6.07, 6.45) is 0. The van der Waals surface area contributed by atoms with Crippen LogP contribution in [0.2, 0.25) is 0 Å². The van der Waals surface area contributed by atoms with Crippen LogP contribution < -0.4 is 0 Å². The topological polar surface area (TPSA) is 135 Å². The Morgan fingerprint density at radius 3 is 2.57 bits per heavy atom. The molecule has 1 heterocycles. The van der Waals surface area contributed by atoms with E-state index in [2.05, 4.69) is 10.3 Å². The lowest BCUT2D eigenvalue weighted by Gasteiger charge is -2.08. The first-order chi connectivity index (χ1) is 9.95. The van der Waals surface area contributed by atoms with Crippen molar-refractivity contribution in [2.75, 3.05) is 7.11 Å². The van der Waals surface area contributed by atoms with Gasteiger partial charge in [0.15, 0.2) is 5.69 Å².